The van der Waals surface area contributed by atoms with Crippen LogP contribution >= 0.6 is 12.2 Å². The zero-order valence-corrected chi connectivity index (χ0v) is 10.5. The Labute approximate surface area is 102 Å². The van der Waals surface area contributed by atoms with Crippen molar-refractivity contribution in [2.24, 2.45) is 5.73 Å². The molecule has 1 aromatic carbocycles. The van der Waals surface area contributed by atoms with Crippen LogP contribution in [0.2, 0.25) is 0 Å². The lowest BCUT2D eigenvalue weighted by molar-refractivity contribution is 0.763. The number of thiocarbonyl (C=S) groups is 1. The molecule has 0 spiro atoms. The number of hydrogen-bond acceptors (Lipinski definition) is 2. The second-order valence-electron chi connectivity index (χ2n) is 4.34. The molecule has 3 heteroatoms. The minimum Gasteiger partial charge on any atom is -0.389 e. The van der Waals surface area contributed by atoms with Gasteiger partial charge >= 0.3 is 0 Å². The van der Waals surface area contributed by atoms with E-state index in [4.69, 9.17) is 18.0 Å². The molecule has 0 amide bonds. The van der Waals surface area contributed by atoms with Crippen LogP contribution in [0.3, 0.4) is 0 Å². The van der Waals surface area contributed by atoms with Gasteiger partial charge in [-0.3, -0.25) is 0 Å². The van der Waals surface area contributed by atoms with Crippen molar-refractivity contribution in [3.63, 3.8) is 0 Å². The normalized spacial score (nSPS) is 14.8. The Morgan fingerprint density at radius 3 is 2.44 bits per heavy atom. The quantitative estimate of drug-likeness (QED) is 0.794. The molecule has 0 aliphatic heterocycles. The third kappa shape index (κ3) is 2.53. The summed E-state index contributed by atoms with van der Waals surface area (Å²) in [5.41, 5.74) is 7.83. The van der Waals surface area contributed by atoms with Gasteiger partial charge in [-0.2, -0.15) is 0 Å². The summed E-state index contributed by atoms with van der Waals surface area (Å²) >= 11 is 4.95. The molecule has 2 rings (SSSR count). The van der Waals surface area contributed by atoms with Gasteiger partial charge in [0.2, 0.25) is 0 Å². The van der Waals surface area contributed by atoms with Gasteiger partial charge in [0.25, 0.3) is 0 Å². The van der Waals surface area contributed by atoms with Crippen LogP contribution in [0.25, 0.3) is 0 Å². The lowest BCUT2D eigenvalue weighted by Gasteiger charge is -2.24. The van der Waals surface area contributed by atoms with Gasteiger partial charge in [0.1, 0.15) is 4.99 Å². The number of rotatable bonds is 5. The maximum absolute atomic E-state index is 5.59. The van der Waals surface area contributed by atoms with Crippen LogP contribution in [0.4, 0.5) is 5.69 Å². The fraction of sp³-hybridized carbons (Fsp3) is 0.462. The Morgan fingerprint density at radius 2 is 2.00 bits per heavy atom. The van der Waals surface area contributed by atoms with Gasteiger partial charge in [-0.15, -0.1) is 0 Å². The van der Waals surface area contributed by atoms with E-state index in [-0.39, 0.29) is 0 Å². The molecule has 0 heterocycles. The highest BCUT2D eigenvalue weighted by atomic mass is 32.1. The molecular weight excluding hydrogens is 216 g/mol. The average Bonchev–Trinajstić information content (AvgIpc) is 3.10. The number of anilines is 1. The van der Waals surface area contributed by atoms with E-state index < -0.39 is 0 Å². The second kappa shape index (κ2) is 4.83. The summed E-state index contributed by atoms with van der Waals surface area (Å²) in [6.45, 7) is 3.36. The van der Waals surface area contributed by atoms with Crippen LogP contribution in [0, 0.1) is 0 Å². The van der Waals surface area contributed by atoms with Gasteiger partial charge in [-0.1, -0.05) is 19.1 Å². The lowest BCUT2D eigenvalue weighted by atomic mass is 10.2. The van der Waals surface area contributed by atoms with Crippen molar-refractivity contribution >= 4 is 22.9 Å². The van der Waals surface area contributed by atoms with Gasteiger partial charge < -0.3 is 10.6 Å². The molecule has 1 saturated carbocycles. The monoisotopic (exact) mass is 234 g/mol. The van der Waals surface area contributed by atoms with E-state index in [9.17, 15) is 0 Å². The second-order valence-corrected chi connectivity index (χ2v) is 4.78. The third-order valence-electron chi connectivity index (χ3n) is 2.94. The summed E-state index contributed by atoms with van der Waals surface area (Å²) in [6.07, 6.45) is 3.85. The molecule has 1 aliphatic rings. The minimum atomic E-state index is 0.472. The maximum atomic E-state index is 5.59. The van der Waals surface area contributed by atoms with E-state index in [0.717, 1.165) is 18.2 Å². The number of nitrogens with two attached hydrogens (primary N) is 1. The van der Waals surface area contributed by atoms with Crippen molar-refractivity contribution in [3.8, 4) is 0 Å². The Hall–Kier alpha value is -1.09. The third-order valence-corrected chi connectivity index (χ3v) is 3.17. The number of hydrogen-bond donors (Lipinski definition) is 1. The predicted octanol–water partition coefficient (Wildman–Crippen LogP) is 2.70. The summed E-state index contributed by atoms with van der Waals surface area (Å²) in [6, 6.07) is 9.05. The molecule has 1 aromatic rings. The highest BCUT2D eigenvalue weighted by molar-refractivity contribution is 7.80. The van der Waals surface area contributed by atoms with E-state index in [0.29, 0.717) is 4.99 Å². The van der Waals surface area contributed by atoms with Crippen molar-refractivity contribution in [1.29, 1.82) is 0 Å². The molecule has 0 saturated heterocycles. The van der Waals surface area contributed by atoms with Gasteiger partial charge in [-0.05, 0) is 43.5 Å². The van der Waals surface area contributed by atoms with Gasteiger partial charge in [0.05, 0.1) is 0 Å². The first-order valence-electron chi connectivity index (χ1n) is 5.89. The zero-order valence-electron chi connectivity index (χ0n) is 9.65. The van der Waals surface area contributed by atoms with E-state index in [1.807, 2.05) is 12.1 Å². The summed E-state index contributed by atoms with van der Waals surface area (Å²) in [5, 5.41) is 0. The zero-order chi connectivity index (χ0) is 11.5. The van der Waals surface area contributed by atoms with Crippen LogP contribution in [0.15, 0.2) is 24.3 Å². The molecule has 0 radical (unpaired) electrons. The Morgan fingerprint density at radius 1 is 1.38 bits per heavy atom. The topological polar surface area (TPSA) is 29.3 Å². The molecule has 2 nitrogen and oxygen atoms in total. The average molecular weight is 234 g/mol. The number of nitrogens with zero attached hydrogens (tertiary/aromatic N) is 1. The number of benzene rings is 1. The van der Waals surface area contributed by atoms with Gasteiger partial charge in [0, 0.05) is 23.8 Å². The van der Waals surface area contributed by atoms with Crippen LogP contribution in [0.1, 0.15) is 31.7 Å². The summed E-state index contributed by atoms with van der Waals surface area (Å²) in [7, 11) is 0. The summed E-state index contributed by atoms with van der Waals surface area (Å²) in [5.74, 6) is 0. The molecular formula is C13H18N2S. The van der Waals surface area contributed by atoms with E-state index >= 15 is 0 Å². The summed E-state index contributed by atoms with van der Waals surface area (Å²) in [4.78, 5) is 2.96. The van der Waals surface area contributed by atoms with Crippen LogP contribution in [0.5, 0.6) is 0 Å². The van der Waals surface area contributed by atoms with E-state index in [2.05, 4.69) is 24.0 Å². The van der Waals surface area contributed by atoms with Crippen LogP contribution in [-0.2, 0) is 0 Å². The molecule has 86 valence electrons. The molecule has 1 fully saturated rings. The Kier molecular flexibility index (Phi) is 3.44. The van der Waals surface area contributed by atoms with E-state index in [1.54, 1.807) is 0 Å². The van der Waals surface area contributed by atoms with Gasteiger partial charge in [0.15, 0.2) is 0 Å². The fourth-order valence-electron chi connectivity index (χ4n) is 1.97. The van der Waals surface area contributed by atoms with Crippen LogP contribution < -0.4 is 10.6 Å². The van der Waals surface area contributed by atoms with Crippen molar-refractivity contribution < 1.29 is 0 Å². The molecule has 1 aliphatic carbocycles. The van der Waals surface area contributed by atoms with E-state index in [1.165, 1.54) is 24.9 Å². The van der Waals surface area contributed by atoms with Crippen molar-refractivity contribution in [2.75, 3.05) is 11.4 Å². The first kappa shape index (κ1) is 11.4. The van der Waals surface area contributed by atoms with Crippen molar-refractivity contribution in [2.45, 2.75) is 32.2 Å². The first-order valence-corrected chi connectivity index (χ1v) is 6.29. The largest absolute Gasteiger partial charge is 0.389 e. The lowest BCUT2D eigenvalue weighted by Crippen LogP contribution is -2.26. The summed E-state index contributed by atoms with van der Waals surface area (Å²) < 4.78 is 0. The molecule has 16 heavy (non-hydrogen) atoms. The van der Waals surface area contributed by atoms with Crippen LogP contribution in [-0.4, -0.2) is 17.6 Å². The molecule has 0 unspecified atom stereocenters. The molecule has 0 atom stereocenters. The first-order chi connectivity index (χ1) is 7.72. The molecule has 0 bridgehead atoms. The fourth-order valence-corrected chi connectivity index (χ4v) is 2.10. The molecule has 2 N–H and O–H groups in total. The Bertz CT molecular complexity index is 368. The highest BCUT2D eigenvalue weighted by Crippen LogP contribution is 2.31. The predicted molar refractivity (Wildman–Crippen MR) is 73.0 cm³/mol. The standard InChI is InChI=1S/C13H18N2S/c1-2-9-15(12-7-8-12)11-5-3-10(4-6-11)13(14)16/h3-6,12H,2,7-9H2,1H3,(H2,14,16). The van der Waals surface area contributed by atoms with Crippen molar-refractivity contribution in [3.05, 3.63) is 29.8 Å². The minimum absolute atomic E-state index is 0.472. The molecule has 0 aromatic heterocycles. The van der Waals surface area contributed by atoms with Crippen molar-refractivity contribution in [1.82, 2.24) is 0 Å². The maximum Gasteiger partial charge on any atom is 0.103 e. The SMILES string of the molecule is CCCN(c1ccc(C(N)=S)cc1)C1CC1. The Balaban J connectivity index is 2.14. The highest BCUT2D eigenvalue weighted by Gasteiger charge is 2.28. The van der Waals surface area contributed by atoms with Gasteiger partial charge in [-0.25, -0.2) is 0 Å². The smallest absolute Gasteiger partial charge is 0.103 e.